The second-order valence-corrected chi connectivity index (χ2v) is 5.38. The second-order valence-electron chi connectivity index (χ2n) is 4.06. The van der Waals surface area contributed by atoms with Crippen LogP contribution in [0.2, 0.25) is 5.02 Å². The van der Waals surface area contributed by atoms with Gasteiger partial charge in [0, 0.05) is 17.6 Å². The highest BCUT2D eigenvalue weighted by Crippen LogP contribution is 2.28. The lowest BCUT2D eigenvalue weighted by atomic mass is 10.3. The number of benzene rings is 1. The molecular weight excluding hydrogens is 336 g/mol. The van der Waals surface area contributed by atoms with E-state index in [9.17, 15) is 9.59 Å². The Bertz CT molecular complexity index is 524. The number of nitrogens with one attached hydrogen (secondary N) is 1. The van der Waals surface area contributed by atoms with Crippen LogP contribution in [-0.2, 0) is 4.79 Å². The maximum absolute atomic E-state index is 12.0. The lowest BCUT2D eigenvalue weighted by molar-refractivity contribution is -0.134. The summed E-state index contributed by atoms with van der Waals surface area (Å²) in [4.78, 5) is 24.6. The molecule has 0 aliphatic carbocycles. The highest BCUT2D eigenvalue weighted by Gasteiger charge is 2.30. The van der Waals surface area contributed by atoms with Gasteiger partial charge in [-0.2, -0.15) is 0 Å². The Labute approximate surface area is 124 Å². The molecule has 1 N–H and O–H groups in total. The zero-order chi connectivity index (χ0) is 14.0. The predicted molar refractivity (Wildman–Crippen MR) is 74.4 cm³/mol. The minimum absolute atomic E-state index is 0.361. The van der Waals surface area contributed by atoms with Crippen molar-refractivity contribution >= 4 is 39.5 Å². The van der Waals surface area contributed by atoms with Gasteiger partial charge in [-0.15, -0.1) is 0 Å². The molecule has 0 unspecified atom stereocenters. The van der Waals surface area contributed by atoms with Crippen molar-refractivity contribution < 1.29 is 14.3 Å². The summed E-state index contributed by atoms with van der Waals surface area (Å²) in [7, 11) is 0. The van der Waals surface area contributed by atoms with E-state index in [1.54, 1.807) is 25.1 Å². The highest BCUT2D eigenvalue weighted by molar-refractivity contribution is 9.10. The Morgan fingerprint density at radius 1 is 1.58 bits per heavy atom. The van der Waals surface area contributed by atoms with E-state index in [0.717, 1.165) is 9.37 Å². The van der Waals surface area contributed by atoms with Gasteiger partial charge in [0.25, 0.3) is 5.91 Å². The number of amides is 3. The van der Waals surface area contributed by atoms with E-state index in [1.807, 2.05) is 0 Å². The molecule has 5 nitrogen and oxygen atoms in total. The number of ether oxygens (including phenoxy) is 1. The minimum atomic E-state index is -0.775. The first-order valence-corrected chi connectivity index (χ1v) is 6.87. The van der Waals surface area contributed by atoms with Crippen LogP contribution in [0.5, 0.6) is 5.75 Å². The number of carbonyl (C=O) groups excluding carboxylic acids is 2. The van der Waals surface area contributed by atoms with Crippen LogP contribution in [-0.4, -0.2) is 36.0 Å². The molecule has 1 aliphatic heterocycles. The van der Waals surface area contributed by atoms with Crippen molar-refractivity contribution in [1.82, 2.24) is 10.2 Å². The van der Waals surface area contributed by atoms with Gasteiger partial charge in [0.1, 0.15) is 5.75 Å². The molecule has 102 valence electrons. The Morgan fingerprint density at radius 3 is 2.89 bits per heavy atom. The van der Waals surface area contributed by atoms with E-state index in [1.165, 1.54) is 0 Å². The Balaban J connectivity index is 2.06. The molecule has 1 aromatic rings. The quantitative estimate of drug-likeness (QED) is 0.913. The molecule has 1 heterocycles. The largest absolute Gasteiger partial charge is 0.479 e. The third-order valence-electron chi connectivity index (χ3n) is 2.67. The van der Waals surface area contributed by atoms with Crippen molar-refractivity contribution in [2.24, 2.45) is 0 Å². The van der Waals surface area contributed by atoms with E-state index in [0.29, 0.717) is 23.9 Å². The normalized spacial score (nSPS) is 16.2. The van der Waals surface area contributed by atoms with Gasteiger partial charge in [0.05, 0.1) is 5.02 Å². The van der Waals surface area contributed by atoms with Crippen molar-refractivity contribution in [3.63, 3.8) is 0 Å². The van der Waals surface area contributed by atoms with Crippen LogP contribution in [0.15, 0.2) is 22.7 Å². The van der Waals surface area contributed by atoms with E-state index in [-0.39, 0.29) is 11.9 Å². The van der Waals surface area contributed by atoms with Crippen LogP contribution < -0.4 is 10.1 Å². The van der Waals surface area contributed by atoms with E-state index >= 15 is 0 Å². The van der Waals surface area contributed by atoms with Gasteiger partial charge >= 0.3 is 6.03 Å². The number of rotatable bonds is 3. The third kappa shape index (κ3) is 3.19. The smallest absolute Gasteiger partial charge is 0.324 e. The Kier molecular flexibility index (Phi) is 4.31. The summed E-state index contributed by atoms with van der Waals surface area (Å²) in [6, 6.07) is 4.72. The van der Waals surface area contributed by atoms with Gasteiger partial charge < -0.3 is 10.1 Å². The average Bonchev–Trinajstić information content (AvgIpc) is 2.78. The summed E-state index contributed by atoms with van der Waals surface area (Å²) in [5, 5.41) is 2.97. The fourth-order valence-electron chi connectivity index (χ4n) is 1.71. The third-order valence-corrected chi connectivity index (χ3v) is 3.46. The fourth-order valence-corrected chi connectivity index (χ4v) is 2.43. The molecule has 7 heteroatoms. The van der Waals surface area contributed by atoms with E-state index in [4.69, 9.17) is 16.3 Å². The van der Waals surface area contributed by atoms with Crippen LogP contribution in [0.3, 0.4) is 0 Å². The number of imide groups is 1. The summed E-state index contributed by atoms with van der Waals surface area (Å²) >= 11 is 9.29. The summed E-state index contributed by atoms with van der Waals surface area (Å²) in [5.41, 5.74) is 0. The van der Waals surface area contributed by atoms with Crippen LogP contribution in [0, 0.1) is 0 Å². The van der Waals surface area contributed by atoms with Gasteiger partial charge in [-0.05, 0) is 25.1 Å². The molecule has 2 rings (SSSR count). The Morgan fingerprint density at radius 2 is 2.32 bits per heavy atom. The lowest BCUT2D eigenvalue weighted by Crippen LogP contribution is -2.42. The van der Waals surface area contributed by atoms with Crippen molar-refractivity contribution in [3.05, 3.63) is 27.7 Å². The molecular formula is C12H12BrClN2O3. The van der Waals surface area contributed by atoms with Gasteiger partial charge in [-0.3, -0.25) is 9.69 Å². The molecule has 3 amide bonds. The summed E-state index contributed by atoms with van der Waals surface area (Å²) in [5.74, 6) is 0.0271. The van der Waals surface area contributed by atoms with Gasteiger partial charge in [-0.25, -0.2) is 4.79 Å². The first kappa shape index (κ1) is 14.1. The topological polar surface area (TPSA) is 58.6 Å². The van der Waals surface area contributed by atoms with Crippen molar-refractivity contribution in [2.45, 2.75) is 13.0 Å². The second kappa shape index (κ2) is 5.79. The zero-order valence-electron chi connectivity index (χ0n) is 10.2. The fraction of sp³-hybridized carbons (Fsp3) is 0.333. The summed E-state index contributed by atoms with van der Waals surface area (Å²) in [6.07, 6.45) is -0.775. The summed E-state index contributed by atoms with van der Waals surface area (Å²) in [6.45, 7) is 2.42. The monoisotopic (exact) mass is 346 g/mol. The zero-order valence-corrected chi connectivity index (χ0v) is 12.5. The summed E-state index contributed by atoms with van der Waals surface area (Å²) < 4.78 is 6.32. The highest BCUT2D eigenvalue weighted by atomic mass is 79.9. The molecule has 0 radical (unpaired) electrons. The molecule has 1 atom stereocenters. The molecule has 1 fully saturated rings. The standard InChI is InChI=1S/C12H12BrClN2O3/c1-7(11(17)16-5-4-15-12(16)18)19-10-3-2-8(13)6-9(10)14/h2-3,6-7H,4-5H2,1H3,(H,15,18)/t7-/m1/s1. The maximum Gasteiger partial charge on any atom is 0.324 e. The van der Waals surface area contributed by atoms with Crippen LogP contribution >= 0.6 is 27.5 Å². The molecule has 0 saturated carbocycles. The molecule has 1 aromatic carbocycles. The maximum atomic E-state index is 12.0. The Hall–Kier alpha value is -1.27. The van der Waals surface area contributed by atoms with E-state index < -0.39 is 6.10 Å². The molecule has 19 heavy (non-hydrogen) atoms. The van der Waals surface area contributed by atoms with Crippen molar-refractivity contribution in [3.8, 4) is 5.75 Å². The van der Waals surface area contributed by atoms with Crippen molar-refractivity contribution in [1.29, 1.82) is 0 Å². The van der Waals surface area contributed by atoms with Gasteiger partial charge in [0.15, 0.2) is 6.10 Å². The van der Waals surface area contributed by atoms with Crippen LogP contribution in [0.1, 0.15) is 6.92 Å². The first-order chi connectivity index (χ1) is 8.99. The number of hydrogen-bond acceptors (Lipinski definition) is 3. The molecule has 0 aromatic heterocycles. The number of nitrogens with zero attached hydrogens (tertiary/aromatic N) is 1. The molecule has 1 saturated heterocycles. The molecule has 0 bridgehead atoms. The number of halogens is 2. The first-order valence-electron chi connectivity index (χ1n) is 5.70. The predicted octanol–water partition coefficient (Wildman–Crippen LogP) is 2.42. The van der Waals surface area contributed by atoms with Crippen LogP contribution in [0.4, 0.5) is 4.79 Å². The molecule has 1 aliphatic rings. The lowest BCUT2D eigenvalue weighted by Gasteiger charge is -2.19. The van der Waals surface area contributed by atoms with Gasteiger partial charge in [0.2, 0.25) is 0 Å². The van der Waals surface area contributed by atoms with Crippen LogP contribution in [0.25, 0.3) is 0 Å². The number of carbonyl (C=O) groups is 2. The SMILES string of the molecule is C[C@@H](Oc1ccc(Br)cc1Cl)C(=O)N1CCNC1=O. The van der Waals surface area contributed by atoms with Crippen molar-refractivity contribution in [2.75, 3.05) is 13.1 Å². The number of urea groups is 1. The average molecular weight is 348 g/mol. The molecule has 0 spiro atoms. The minimum Gasteiger partial charge on any atom is -0.479 e. The van der Waals surface area contributed by atoms with Gasteiger partial charge in [-0.1, -0.05) is 27.5 Å². The number of hydrogen-bond donors (Lipinski definition) is 1. The van der Waals surface area contributed by atoms with E-state index in [2.05, 4.69) is 21.2 Å².